The third kappa shape index (κ3) is 4.48. The monoisotopic (exact) mass is 324 g/mol. The Morgan fingerprint density at radius 1 is 1.21 bits per heavy atom. The molecule has 0 radical (unpaired) electrons. The predicted octanol–water partition coefficient (Wildman–Crippen LogP) is 2.83. The van der Waals surface area contributed by atoms with Gasteiger partial charge in [0.2, 0.25) is 11.8 Å². The number of hydrogen-bond donors (Lipinski definition) is 1. The minimum atomic E-state index is -0.811. The number of aliphatic carboxylic acids is 1. The van der Waals surface area contributed by atoms with Crippen molar-refractivity contribution in [2.24, 2.45) is 0 Å². The molecule has 2 aromatic rings. The van der Waals surface area contributed by atoms with Crippen molar-refractivity contribution in [3.8, 4) is 0 Å². The average molecular weight is 325 g/mol. The molecule has 1 N–H and O–H groups in total. The highest BCUT2D eigenvalue weighted by Gasteiger charge is 2.07. The molecule has 0 bridgehead atoms. The lowest BCUT2D eigenvalue weighted by molar-refractivity contribution is -0.137. The molecule has 100 valence electrons. The lowest BCUT2D eigenvalue weighted by Gasteiger charge is -1.97. The Hall–Kier alpha value is -1.69. The smallest absolute Gasteiger partial charge is 0.303 e. The minimum absolute atomic E-state index is 0.116. The first-order chi connectivity index (χ1) is 9.13. The zero-order valence-corrected chi connectivity index (χ0v) is 11.8. The molecule has 2 rings (SSSR count). The number of aromatic nitrogens is 2. The molecule has 0 saturated heterocycles. The van der Waals surface area contributed by atoms with Crippen LogP contribution in [0.2, 0.25) is 0 Å². The third-order valence-electron chi connectivity index (χ3n) is 2.56. The van der Waals surface area contributed by atoms with Crippen LogP contribution in [-0.4, -0.2) is 21.3 Å². The lowest BCUT2D eigenvalue weighted by atomic mass is 10.1. The maximum absolute atomic E-state index is 10.4. The maximum atomic E-state index is 10.4. The summed E-state index contributed by atoms with van der Waals surface area (Å²) < 4.78 is 6.50. The fraction of sp³-hybridized carbons (Fsp3) is 0.308. The Bertz CT molecular complexity index is 551. The molecule has 19 heavy (non-hydrogen) atoms. The predicted molar refractivity (Wildman–Crippen MR) is 71.8 cm³/mol. The number of aryl methyl sites for hydroxylation is 1. The Morgan fingerprint density at radius 2 is 1.89 bits per heavy atom. The van der Waals surface area contributed by atoms with Gasteiger partial charge in [-0.05, 0) is 24.1 Å². The summed E-state index contributed by atoms with van der Waals surface area (Å²) in [5, 5.41) is 16.4. The van der Waals surface area contributed by atoms with Crippen molar-refractivity contribution < 1.29 is 14.3 Å². The second-order valence-electron chi connectivity index (χ2n) is 4.14. The Kier molecular flexibility index (Phi) is 4.68. The Labute approximate surface area is 118 Å². The highest BCUT2D eigenvalue weighted by atomic mass is 79.9. The average Bonchev–Trinajstić information content (AvgIpc) is 2.79. The van der Waals surface area contributed by atoms with E-state index >= 15 is 0 Å². The van der Waals surface area contributed by atoms with Crippen LogP contribution in [0.5, 0.6) is 0 Å². The van der Waals surface area contributed by atoms with Crippen LogP contribution in [0.4, 0.5) is 0 Å². The summed E-state index contributed by atoms with van der Waals surface area (Å²) in [7, 11) is 0. The van der Waals surface area contributed by atoms with Gasteiger partial charge < -0.3 is 9.52 Å². The number of carboxylic acids is 1. The van der Waals surface area contributed by atoms with Crippen LogP contribution in [0.1, 0.15) is 30.2 Å². The molecule has 0 atom stereocenters. The van der Waals surface area contributed by atoms with Gasteiger partial charge in [-0.25, -0.2) is 0 Å². The molecule has 0 spiro atoms. The third-order valence-corrected chi connectivity index (χ3v) is 3.09. The van der Waals surface area contributed by atoms with Gasteiger partial charge >= 0.3 is 5.97 Å². The first-order valence-electron chi connectivity index (χ1n) is 5.91. The van der Waals surface area contributed by atoms with Gasteiger partial charge in [0.05, 0.1) is 6.42 Å². The van der Waals surface area contributed by atoms with Crippen LogP contribution < -0.4 is 0 Å². The lowest BCUT2D eigenvalue weighted by Crippen LogP contribution is -1.95. The zero-order chi connectivity index (χ0) is 13.7. The van der Waals surface area contributed by atoms with Gasteiger partial charge in [-0.15, -0.1) is 10.2 Å². The van der Waals surface area contributed by atoms with E-state index in [4.69, 9.17) is 9.52 Å². The summed E-state index contributed by atoms with van der Waals surface area (Å²) >= 11 is 3.38. The highest BCUT2D eigenvalue weighted by Crippen LogP contribution is 2.14. The van der Waals surface area contributed by atoms with E-state index in [1.165, 1.54) is 0 Å². The molecule has 0 aliphatic heterocycles. The Morgan fingerprint density at radius 3 is 2.58 bits per heavy atom. The van der Waals surface area contributed by atoms with Crippen molar-refractivity contribution in [3.63, 3.8) is 0 Å². The summed E-state index contributed by atoms with van der Waals surface area (Å²) in [5.41, 5.74) is 1.09. The van der Waals surface area contributed by atoms with E-state index < -0.39 is 5.97 Å². The van der Waals surface area contributed by atoms with E-state index in [-0.39, 0.29) is 6.42 Å². The Balaban J connectivity index is 1.90. The largest absolute Gasteiger partial charge is 0.481 e. The van der Waals surface area contributed by atoms with Gasteiger partial charge in [0.15, 0.2) is 0 Å². The normalized spacial score (nSPS) is 10.6. The second kappa shape index (κ2) is 6.47. The van der Waals surface area contributed by atoms with Crippen LogP contribution in [0.25, 0.3) is 0 Å². The number of nitrogens with zero attached hydrogens (tertiary/aromatic N) is 2. The van der Waals surface area contributed by atoms with E-state index in [1.807, 2.05) is 24.3 Å². The summed E-state index contributed by atoms with van der Waals surface area (Å²) in [6.07, 6.45) is 1.71. The summed E-state index contributed by atoms with van der Waals surface area (Å²) in [5.74, 6) is 0.232. The van der Waals surface area contributed by atoms with E-state index in [2.05, 4.69) is 26.1 Å². The summed E-state index contributed by atoms with van der Waals surface area (Å²) in [6.45, 7) is 0. The number of benzene rings is 1. The van der Waals surface area contributed by atoms with E-state index in [9.17, 15) is 4.79 Å². The second-order valence-corrected chi connectivity index (χ2v) is 5.06. The van der Waals surface area contributed by atoms with Gasteiger partial charge in [-0.3, -0.25) is 4.79 Å². The molecule has 0 amide bonds. The molecule has 5 nitrogen and oxygen atoms in total. The highest BCUT2D eigenvalue weighted by molar-refractivity contribution is 9.10. The van der Waals surface area contributed by atoms with E-state index in [0.29, 0.717) is 31.0 Å². The fourth-order valence-corrected chi connectivity index (χ4v) is 1.89. The summed E-state index contributed by atoms with van der Waals surface area (Å²) in [6, 6.07) is 7.88. The fourth-order valence-electron chi connectivity index (χ4n) is 1.63. The van der Waals surface area contributed by atoms with E-state index in [1.54, 1.807) is 0 Å². The first-order valence-corrected chi connectivity index (χ1v) is 6.70. The van der Waals surface area contributed by atoms with Crippen molar-refractivity contribution >= 4 is 21.9 Å². The molecule has 0 unspecified atom stereocenters. The zero-order valence-electron chi connectivity index (χ0n) is 10.2. The standard InChI is InChI=1S/C13H13BrN2O3/c14-10-6-4-9(5-7-10)8-12-16-15-11(19-12)2-1-3-13(17)18/h4-7H,1-3,8H2,(H,17,18). The molecule has 0 aliphatic carbocycles. The molecular formula is C13H13BrN2O3. The topological polar surface area (TPSA) is 76.2 Å². The van der Waals surface area contributed by atoms with Crippen molar-refractivity contribution in [1.82, 2.24) is 10.2 Å². The number of carbonyl (C=O) groups is 1. The van der Waals surface area contributed by atoms with Gasteiger partial charge in [0.1, 0.15) is 0 Å². The molecule has 0 fully saturated rings. The van der Waals surface area contributed by atoms with Gasteiger partial charge in [-0.2, -0.15) is 0 Å². The molecule has 1 aromatic carbocycles. The van der Waals surface area contributed by atoms with Crippen molar-refractivity contribution in [2.75, 3.05) is 0 Å². The molecule has 6 heteroatoms. The van der Waals surface area contributed by atoms with Gasteiger partial charge in [0, 0.05) is 17.3 Å². The first kappa shape index (κ1) is 13.7. The SMILES string of the molecule is O=C(O)CCCc1nnc(Cc2ccc(Br)cc2)o1. The van der Waals surface area contributed by atoms with Crippen molar-refractivity contribution in [1.29, 1.82) is 0 Å². The molecule has 0 saturated carbocycles. The minimum Gasteiger partial charge on any atom is -0.481 e. The van der Waals surface area contributed by atoms with Crippen molar-refractivity contribution in [3.05, 3.63) is 46.1 Å². The maximum Gasteiger partial charge on any atom is 0.303 e. The molecule has 0 aliphatic rings. The summed E-state index contributed by atoms with van der Waals surface area (Å²) in [4.78, 5) is 10.4. The molecule has 1 aromatic heterocycles. The van der Waals surface area contributed by atoms with Crippen LogP contribution in [0.3, 0.4) is 0 Å². The molecule has 1 heterocycles. The number of halogens is 1. The van der Waals surface area contributed by atoms with Gasteiger partial charge in [0.25, 0.3) is 0 Å². The number of hydrogen-bond acceptors (Lipinski definition) is 4. The van der Waals surface area contributed by atoms with E-state index in [0.717, 1.165) is 10.0 Å². The van der Waals surface area contributed by atoms with Crippen LogP contribution in [-0.2, 0) is 17.6 Å². The molecular weight excluding hydrogens is 312 g/mol. The number of rotatable bonds is 6. The van der Waals surface area contributed by atoms with Gasteiger partial charge in [-0.1, -0.05) is 28.1 Å². The van der Waals surface area contributed by atoms with Crippen LogP contribution in [0, 0.1) is 0 Å². The van der Waals surface area contributed by atoms with Crippen LogP contribution >= 0.6 is 15.9 Å². The quantitative estimate of drug-likeness (QED) is 0.884. The van der Waals surface area contributed by atoms with Crippen LogP contribution in [0.15, 0.2) is 33.2 Å². The number of carboxylic acid groups (broad SMARTS) is 1. The van der Waals surface area contributed by atoms with Crippen molar-refractivity contribution in [2.45, 2.75) is 25.7 Å².